The van der Waals surface area contributed by atoms with E-state index in [1.165, 1.54) is 0 Å². The largest absolute Gasteiger partial charge is 0.377 e. The second kappa shape index (κ2) is 5.64. The minimum Gasteiger partial charge on any atom is -0.377 e. The van der Waals surface area contributed by atoms with Gasteiger partial charge in [-0.25, -0.2) is 0 Å². The van der Waals surface area contributed by atoms with E-state index >= 15 is 0 Å². The summed E-state index contributed by atoms with van der Waals surface area (Å²) in [5.74, 6) is 0.427. The number of para-hydroxylation sites is 1. The van der Waals surface area contributed by atoms with Gasteiger partial charge in [-0.2, -0.15) is 0 Å². The summed E-state index contributed by atoms with van der Waals surface area (Å²) in [6.07, 6.45) is 5.24. The maximum absolute atomic E-state index is 11.5. The Kier molecular flexibility index (Phi) is 3.57. The number of nitro benzene ring substituents is 1. The lowest BCUT2D eigenvalue weighted by Gasteiger charge is -2.38. The number of aryl methyl sites for hydroxylation is 1. The Labute approximate surface area is 145 Å². The number of fused-ring (bicyclic) bond motifs is 3. The van der Waals surface area contributed by atoms with E-state index in [2.05, 4.69) is 17.5 Å². The van der Waals surface area contributed by atoms with Crippen LogP contribution in [0.15, 0.2) is 48.6 Å². The van der Waals surface area contributed by atoms with Crippen LogP contribution in [0.5, 0.6) is 0 Å². The highest BCUT2D eigenvalue weighted by Gasteiger charge is 2.41. The molecule has 1 N–H and O–H groups in total. The smallest absolute Gasteiger partial charge is 0.274 e. The SMILES string of the molecule is Cc1ccc(Cl)c2c1N[C@H](c1ccccc1[N+](=O)[O-])[C@@H]1CC=C[C@@H]21. The van der Waals surface area contributed by atoms with E-state index in [9.17, 15) is 10.1 Å². The molecule has 0 radical (unpaired) electrons. The van der Waals surface area contributed by atoms with Crippen molar-refractivity contribution in [1.82, 2.24) is 0 Å². The molecule has 0 aromatic heterocycles. The highest BCUT2D eigenvalue weighted by atomic mass is 35.5. The van der Waals surface area contributed by atoms with Crippen molar-refractivity contribution in [3.8, 4) is 0 Å². The van der Waals surface area contributed by atoms with Crippen LogP contribution in [0.4, 0.5) is 11.4 Å². The van der Waals surface area contributed by atoms with Gasteiger partial charge in [-0.15, -0.1) is 0 Å². The van der Waals surface area contributed by atoms with E-state index in [0.717, 1.165) is 33.8 Å². The van der Waals surface area contributed by atoms with Crippen LogP contribution in [-0.2, 0) is 0 Å². The molecule has 5 heteroatoms. The standard InChI is InChI=1S/C19H17ClN2O2/c1-11-9-10-15(20)17-12-6-4-7-13(12)19(21-18(11)17)14-5-2-3-8-16(14)22(23)24/h2-6,8-10,12-13,19,21H,7H2,1H3/t12-,13-,19+/m1/s1. The minimum atomic E-state index is -0.297. The molecule has 0 unspecified atom stereocenters. The molecule has 0 spiro atoms. The van der Waals surface area contributed by atoms with Gasteiger partial charge in [0, 0.05) is 28.3 Å². The monoisotopic (exact) mass is 340 g/mol. The molecule has 0 saturated heterocycles. The lowest BCUT2D eigenvalue weighted by molar-refractivity contribution is -0.385. The third-order valence-electron chi connectivity index (χ3n) is 5.14. The number of rotatable bonds is 2. The van der Waals surface area contributed by atoms with E-state index in [4.69, 9.17) is 11.6 Å². The van der Waals surface area contributed by atoms with E-state index in [0.29, 0.717) is 0 Å². The molecule has 0 bridgehead atoms. The molecule has 24 heavy (non-hydrogen) atoms. The molecule has 1 heterocycles. The maximum Gasteiger partial charge on any atom is 0.274 e. The molecule has 4 nitrogen and oxygen atoms in total. The summed E-state index contributed by atoms with van der Waals surface area (Å²) in [4.78, 5) is 11.2. The molecule has 122 valence electrons. The van der Waals surface area contributed by atoms with Gasteiger partial charge in [-0.3, -0.25) is 10.1 Å². The van der Waals surface area contributed by atoms with Gasteiger partial charge >= 0.3 is 0 Å². The van der Waals surface area contributed by atoms with Gasteiger partial charge in [0.2, 0.25) is 0 Å². The molecular weight excluding hydrogens is 324 g/mol. The Bertz CT molecular complexity index is 862. The van der Waals surface area contributed by atoms with Crippen molar-refractivity contribution in [2.24, 2.45) is 5.92 Å². The van der Waals surface area contributed by atoms with Crippen LogP contribution in [0.2, 0.25) is 5.02 Å². The number of hydrogen-bond acceptors (Lipinski definition) is 3. The summed E-state index contributed by atoms with van der Waals surface area (Å²) >= 11 is 6.47. The van der Waals surface area contributed by atoms with Gasteiger partial charge < -0.3 is 5.32 Å². The van der Waals surface area contributed by atoms with Gasteiger partial charge in [0.25, 0.3) is 5.69 Å². The highest BCUT2D eigenvalue weighted by Crippen LogP contribution is 2.53. The predicted molar refractivity (Wildman–Crippen MR) is 95.6 cm³/mol. The Morgan fingerprint density at radius 1 is 1.25 bits per heavy atom. The van der Waals surface area contributed by atoms with Crippen molar-refractivity contribution >= 4 is 23.0 Å². The third-order valence-corrected chi connectivity index (χ3v) is 5.47. The van der Waals surface area contributed by atoms with Crippen LogP contribution in [-0.4, -0.2) is 4.92 Å². The molecule has 0 fully saturated rings. The normalized spacial score (nSPS) is 24.2. The predicted octanol–water partition coefficient (Wildman–Crippen LogP) is 5.38. The van der Waals surface area contributed by atoms with E-state index in [-0.39, 0.29) is 28.5 Å². The topological polar surface area (TPSA) is 55.2 Å². The quantitative estimate of drug-likeness (QED) is 0.453. The summed E-state index contributed by atoms with van der Waals surface area (Å²) in [6.45, 7) is 2.04. The van der Waals surface area contributed by atoms with Crippen molar-refractivity contribution in [3.05, 3.63) is 80.4 Å². The number of nitrogens with one attached hydrogen (secondary N) is 1. The van der Waals surface area contributed by atoms with Gasteiger partial charge in [0.15, 0.2) is 0 Å². The van der Waals surface area contributed by atoms with E-state index in [1.807, 2.05) is 31.2 Å². The summed E-state index contributed by atoms with van der Waals surface area (Å²) in [5, 5.41) is 15.8. The van der Waals surface area contributed by atoms with Crippen molar-refractivity contribution in [3.63, 3.8) is 0 Å². The summed E-state index contributed by atoms with van der Waals surface area (Å²) in [5.41, 5.74) is 4.15. The van der Waals surface area contributed by atoms with Crippen molar-refractivity contribution in [2.45, 2.75) is 25.3 Å². The van der Waals surface area contributed by atoms with Crippen LogP contribution in [0.25, 0.3) is 0 Å². The number of allylic oxidation sites excluding steroid dienone is 2. The third kappa shape index (κ3) is 2.21. The first-order chi connectivity index (χ1) is 11.6. The molecule has 1 aliphatic carbocycles. The number of hydrogen-bond donors (Lipinski definition) is 1. The molecule has 3 atom stereocenters. The first-order valence-corrected chi connectivity index (χ1v) is 8.41. The molecule has 2 aromatic rings. The number of nitrogens with zero attached hydrogens (tertiary/aromatic N) is 1. The molecule has 4 rings (SSSR count). The zero-order valence-electron chi connectivity index (χ0n) is 13.2. The van der Waals surface area contributed by atoms with Gasteiger partial charge in [0.05, 0.1) is 16.5 Å². The van der Waals surface area contributed by atoms with Gasteiger partial charge in [0.1, 0.15) is 0 Å². The maximum atomic E-state index is 11.5. The van der Waals surface area contributed by atoms with Crippen molar-refractivity contribution in [1.29, 1.82) is 0 Å². The number of benzene rings is 2. The Balaban J connectivity index is 1.88. The lowest BCUT2D eigenvalue weighted by atomic mass is 9.76. The Morgan fingerprint density at radius 2 is 2.04 bits per heavy atom. The minimum absolute atomic E-state index is 0.101. The second-order valence-electron chi connectivity index (χ2n) is 6.44. The molecule has 2 aromatic carbocycles. The molecule has 1 aliphatic heterocycles. The van der Waals surface area contributed by atoms with Gasteiger partial charge in [-0.05, 0) is 30.9 Å². The van der Waals surface area contributed by atoms with Crippen LogP contribution < -0.4 is 5.32 Å². The Morgan fingerprint density at radius 3 is 2.83 bits per heavy atom. The van der Waals surface area contributed by atoms with Crippen molar-refractivity contribution in [2.75, 3.05) is 5.32 Å². The summed E-state index contributed by atoms with van der Waals surface area (Å²) in [6, 6.07) is 10.8. The van der Waals surface area contributed by atoms with Crippen LogP contribution in [0.1, 0.15) is 35.1 Å². The zero-order chi connectivity index (χ0) is 16.8. The first kappa shape index (κ1) is 15.2. The summed E-state index contributed by atoms with van der Waals surface area (Å²) in [7, 11) is 0. The second-order valence-corrected chi connectivity index (χ2v) is 6.85. The first-order valence-electron chi connectivity index (χ1n) is 8.03. The Hall–Kier alpha value is -2.33. The molecule has 0 amide bonds. The van der Waals surface area contributed by atoms with E-state index < -0.39 is 0 Å². The molecule has 2 aliphatic rings. The number of halogens is 1. The van der Waals surface area contributed by atoms with E-state index in [1.54, 1.807) is 12.1 Å². The number of anilines is 1. The fourth-order valence-corrected chi connectivity index (χ4v) is 4.32. The lowest BCUT2D eigenvalue weighted by Crippen LogP contribution is -2.30. The molecular formula is C19H17ClN2O2. The highest BCUT2D eigenvalue weighted by molar-refractivity contribution is 6.32. The van der Waals surface area contributed by atoms with Crippen molar-refractivity contribution < 1.29 is 4.92 Å². The number of nitro groups is 1. The fourth-order valence-electron chi connectivity index (χ4n) is 4.03. The average Bonchev–Trinajstić information content (AvgIpc) is 3.06. The van der Waals surface area contributed by atoms with Crippen LogP contribution in [0, 0.1) is 23.0 Å². The van der Waals surface area contributed by atoms with Crippen LogP contribution >= 0.6 is 11.6 Å². The molecule has 0 saturated carbocycles. The zero-order valence-corrected chi connectivity index (χ0v) is 14.0. The summed E-state index contributed by atoms with van der Waals surface area (Å²) < 4.78 is 0. The van der Waals surface area contributed by atoms with Gasteiger partial charge in [-0.1, -0.05) is 48.0 Å². The van der Waals surface area contributed by atoms with Crippen LogP contribution in [0.3, 0.4) is 0 Å². The fraction of sp³-hybridized carbons (Fsp3) is 0.263. The average molecular weight is 341 g/mol.